The molecule has 0 saturated heterocycles. The molecule has 1 unspecified atom stereocenters. The maximum Gasteiger partial charge on any atom is 0.137 e. The van der Waals surface area contributed by atoms with Gasteiger partial charge in [-0.1, -0.05) is 225 Å². The Bertz CT molecular complexity index is 4610. The second-order valence-corrected chi connectivity index (χ2v) is 20.2. The minimum absolute atomic E-state index is 0.212. The van der Waals surface area contributed by atoms with Crippen molar-refractivity contribution in [3.05, 3.63) is 287 Å². The number of hydrogen-bond acceptors (Lipinski definition) is 2. The molecule has 3 aliphatic rings. The number of benzene rings is 8. The van der Waals surface area contributed by atoms with Crippen molar-refractivity contribution in [2.24, 2.45) is 5.92 Å². The molecule has 358 valence electrons. The van der Waals surface area contributed by atoms with Gasteiger partial charge in [0, 0.05) is 40.6 Å². The third-order valence-corrected chi connectivity index (χ3v) is 16.0. The smallest absolute Gasteiger partial charge is 0.137 e. The molecule has 76 heavy (non-hydrogen) atoms. The fraction of sp³-hybridized carbons (Fsp3) is 0.0556. The molecule has 1 atom stereocenters. The highest BCUT2D eigenvalue weighted by atomic mass is 15.0. The van der Waals surface area contributed by atoms with Gasteiger partial charge in [-0.15, -0.1) is 0 Å². The number of allylic oxidation sites excluding steroid dienone is 4. The zero-order chi connectivity index (χ0) is 50.1. The third kappa shape index (κ3) is 7.13. The minimum atomic E-state index is 0.212. The summed E-state index contributed by atoms with van der Waals surface area (Å²) in [5, 5.41) is 7.75. The SMILES string of the molecule is C1=CCC2C(=C1)C(c1ccc(-c3c4c(c(-c5ccc(-c6nc7ccccn7c6-c6ccccc6)cc5)c5ccccc35)=CCCC=4)cc1)=c1ccccc1=C2c1ccc(-c2nc3ccccn3c2-c2ccccc2)cc1. The van der Waals surface area contributed by atoms with Gasteiger partial charge in [-0.25, -0.2) is 9.97 Å². The van der Waals surface area contributed by atoms with Crippen molar-refractivity contribution >= 4 is 45.4 Å². The van der Waals surface area contributed by atoms with Crippen molar-refractivity contribution in [1.29, 1.82) is 0 Å². The molecule has 0 amide bonds. The number of aromatic nitrogens is 4. The van der Waals surface area contributed by atoms with E-state index in [2.05, 4.69) is 270 Å². The standard InChI is InChI=1S/C72H50N4/c1-3-19-53(20-4-1)71-69(73-63-31-15-17-45-75(63)71)51-41-37-49(38-42-51)67-59-27-11-7-23-55(59)65(56-24-8-12-28-60(56)67)47-33-35-48(36-34-47)66-57-25-9-13-29-61(57)68(62-30-14-10-26-58(62)66)50-39-43-52(44-40-50)70-72(54-21-5-2-6-22-54)76-46-18-16-32-64(76)74-70/h1-9,11-13,15-27,29-46,60H,10,14,28H2. The second kappa shape index (κ2) is 18.1. The molecule has 4 aromatic heterocycles. The lowest BCUT2D eigenvalue weighted by Crippen LogP contribution is -2.37. The number of imidazole rings is 2. The van der Waals surface area contributed by atoms with Crippen LogP contribution in [0.2, 0.25) is 0 Å². The lowest BCUT2D eigenvalue weighted by atomic mass is 9.72. The highest BCUT2D eigenvalue weighted by molar-refractivity contribution is 6.06. The first kappa shape index (κ1) is 43.9. The number of pyridine rings is 2. The molecule has 0 fully saturated rings. The Hall–Kier alpha value is -9.64. The fourth-order valence-corrected chi connectivity index (χ4v) is 12.6. The zero-order valence-corrected chi connectivity index (χ0v) is 41.8. The molecular weight excluding hydrogens is 921 g/mol. The fourth-order valence-electron chi connectivity index (χ4n) is 12.6. The van der Waals surface area contributed by atoms with Crippen molar-refractivity contribution in [1.82, 2.24) is 18.8 Å². The summed E-state index contributed by atoms with van der Waals surface area (Å²) >= 11 is 0. The summed E-state index contributed by atoms with van der Waals surface area (Å²) in [5.41, 5.74) is 22.2. The lowest BCUT2D eigenvalue weighted by Gasteiger charge is -2.31. The molecule has 4 heterocycles. The van der Waals surface area contributed by atoms with Gasteiger partial charge in [-0.05, 0) is 125 Å². The number of fused-ring (bicyclic) bond motifs is 6. The Kier molecular flexibility index (Phi) is 10.4. The van der Waals surface area contributed by atoms with Crippen LogP contribution in [0.25, 0.3) is 113 Å². The first-order valence-electron chi connectivity index (χ1n) is 26.6. The maximum atomic E-state index is 5.18. The van der Waals surface area contributed by atoms with E-state index in [0.29, 0.717) is 0 Å². The Morgan fingerprint density at radius 2 is 0.829 bits per heavy atom. The molecule has 0 N–H and O–H groups in total. The number of rotatable bonds is 8. The van der Waals surface area contributed by atoms with E-state index < -0.39 is 0 Å². The van der Waals surface area contributed by atoms with Crippen LogP contribution in [0.5, 0.6) is 0 Å². The first-order valence-corrected chi connectivity index (χ1v) is 26.6. The van der Waals surface area contributed by atoms with Crippen LogP contribution in [-0.2, 0) is 0 Å². The van der Waals surface area contributed by atoms with Gasteiger partial charge in [0.1, 0.15) is 11.3 Å². The highest BCUT2D eigenvalue weighted by Gasteiger charge is 2.30. The normalized spacial score (nSPS) is 14.7. The van der Waals surface area contributed by atoms with Crippen molar-refractivity contribution in [3.8, 4) is 67.3 Å². The van der Waals surface area contributed by atoms with Crippen LogP contribution in [0, 0.1) is 5.92 Å². The Morgan fingerprint density at radius 3 is 1.37 bits per heavy atom. The molecule has 15 rings (SSSR count). The van der Waals surface area contributed by atoms with Crippen LogP contribution >= 0.6 is 0 Å². The van der Waals surface area contributed by atoms with Gasteiger partial charge in [0.25, 0.3) is 0 Å². The minimum Gasteiger partial charge on any atom is -0.299 e. The van der Waals surface area contributed by atoms with Gasteiger partial charge < -0.3 is 0 Å². The second-order valence-electron chi connectivity index (χ2n) is 20.2. The molecule has 12 aromatic rings. The molecule has 0 saturated carbocycles. The summed E-state index contributed by atoms with van der Waals surface area (Å²) in [5.74, 6) is 0.212. The van der Waals surface area contributed by atoms with Crippen LogP contribution in [0.1, 0.15) is 30.4 Å². The first-order chi connectivity index (χ1) is 37.7. The molecule has 0 bridgehead atoms. The summed E-state index contributed by atoms with van der Waals surface area (Å²) in [6.07, 6.45) is 19.1. The molecule has 3 aliphatic carbocycles. The van der Waals surface area contributed by atoms with E-state index in [9.17, 15) is 0 Å². The summed E-state index contributed by atoms with van der Waals surface area (Å²) in [7, 11) is 0. The molecule has 8 aromatic carbocycles. The molecule has 4 heteroatoms. The van der Waals surface area contributed by atoms with E-state index in [4.69, 9.17) is 9.97 Å². The largest absolute Gasteiger partial charge is 0.299 e. The topological polar surface area (TPSA) is 34.6 Å². The van der Waals surface area contributed by atoms with Crippen molar-refractivity contribution in [2.75, 3.05) is 0 Å². The molecular formula is C72H50N4. The molecule has 0 aliphatic heterocycles. The van der Waals surface area contributed by atoms with Gasteiger partial charge in [0.15, 0.2) is 0 Å². The van der Waals surface area contributed by atoms with Gasteiger partial charge in [-0.2, -0.15) is 0 Å². The van der Waals surface area contributed by atoms with Crippen molar-refractivity contribution in [3.63, 3.8) is 0 Å². The van der Waals surface area contributed by atoms with Crippen LogP contribution in [-0.4, -0.2) is 18.8 Å². The van der Waals surface area contributed by atoms with E-state index in [1.165, 1.54) is 81.7 Å². The molecule has 4 nitrogen and oxygen atoms in total. The van der Waals surface area contributed by atoms with E-state index >= 15 is 0 Å². The van der Waals surface area contributed by atoms with E-state index in [1.807, 2.05) is 0 Å². The van der Waals surface area contributed by atoms with Gasteiger partial charge in [0.2, 0.25) is 0 Å². The maximum absolute atomic E-state index is 5.18. The van der Waals surface area contributed by atoms with Crippen LogP contribution < -0.4 is 20.9 Å². The highest BCUT2D eigenvalue weighted by Crippen LogP contribution is 2.43. The predicted molar refractivity (Wildman–Crippen MR) is 314 cm³/mol. The Labute approximate surface area is 440 Å². The van der Waals surface area contributed by atoms with Gasteiger partial charge in [-0.3, -0.25) is 8.80 Å². The average molecular weight is 971 g/mol. The summed E-state index contributed by atoms with van der Waals surface area (Å²) in [4.78, 5) is 10.4. The Balaban J connectivity index is 0.827. The van der Waals surface area contributed by atoms with Crippen molar-refractivity contribution < 1.29 is 0 Å². The predicted octanol–water partition coefficient (Wildman–Crippen LogP) is 14.4. The molecule has 0 radical (unpaired) electrons. The van der Waals surface area contributed by atoms with Crippen molar-refractivity contribution in [2.45, 2.75) is 19.3 Å². The van der Waals surface area contributed by atoms with E-state index in [-0.39, 0.29) is 5.92 Å². The average Bonchev–Trinajstić information content (AvgIpc) is 4.10. The molecule has 0 spiro atoms. The van der Waals surface area contributed by atoms with Gasteiger partial charge in [0.05, 0.1) is 22.8 Å². The Morgan fingerprint density at radius 1 is 0.382 bits per heavy atom. The summed E-state index contributed by atoms with van der Waals surface area (Å²) in [6.45, 7) is 0. The monoisotopic (exact) mass is 970 g/mol. The third-order valence-electron chi connectivity index (χ3n) is 16.0. The van der Waals surface area contributed by atoms with E-state index in [1.54, 1.807) is 0 Å². The lowest BCUT2D eigenvalue weighted by molar-refractivity contribution is 0.798. The van der Waals surface area contributed by atoms with Crippen LogP contribution in [0.4, 0.5) is 0 Å². The zero-order valence-electron chi connectivity index (χ0n) is 41.8. The number of hydrogen-bond donors (Lipinski definition) is 0. The summed E-state index contributed by atoms with van der Waals surface area (Å²) < 4.78 is 4.41. The van der Waals surface area contributed by atoms with Crippen LogP contribution in [0.15, 0.2) is 255 Å². The number of nitrogens with zero attached hydrogens (tertiary/aromatic N) is 4. The summed E-state index contributed by atoms with van der Waals surface area (Å²) in [6, 6.07) is 79.5. The van der Waals surface area contributed by atoms with Gasteiger partial charge >= 0.3 is 0 Å². The van der Waals surface area contributed by atoms with E-state index in [0.717, 1.165) is 75.6 Å². The van der Waals surface area contributed by atoms with Crippen LogP contribution in [0.3, 0.4) is 0 Å². The quantitative estimate of drug-likeness (QED) is 0.152.